The molecule has 150 valence electrons. The van der Waals surface area contributed by atoms with Crippen molar-refractivity contribution in [1.29, 1.82) is 0 Å². The summed E-state index contributed by atoms with van der Waals surface area (Å²) in [6.07, 6.45) is -1.64. The number of alkyl halides is 3. The number of carbonyl (C=O) groups excluding carboxylic acids is 1. The lowest BCUT2D eigenvalue weighted by Crippen LogP contribution is -2.43. The van der Waals surface area contributed by atoms with E-state index in [1.165, 1.54) is 6.07 Å². The van der Waals surface area contributed by atoms with Crippen molar-refractivity contribution in [3.05, 3.63) is 53.7 Å². The second kappa shape index (κ2) is 7.81. The number of hydrogen-bond acceptors (Lipinski definition) is 3. The summed E-state index contributed by atoms with van der Waals surface area (Å²) in [5.41, 5.74) is -0.271. The molecule has 0 radical (unpaired) electrons. The fourth-order valence-corrected chi connectivity index (χ4v) is 2.90. The number of ether oxygens (including phenoxy) is 1. The average Bonchev–Trinajstić information content (AvgIpc) is 3.47. The summed E-state index contributed by atoms with van der Waals surface area (Å²) in [6.45, 7) is 6.26. The van der Waals surface area contributed by atoms with E-state index in [0.29, 0.717) is 23.3 Å². The first-order valence-corrected chi connectivity index (χ1v) is 9.30. The van der Waals surface area contributed by atoms with Gasteiger partial charge in [0.1, 0.15) is 5.75 Å². The van der Waals surface area contributed by atoms with Gasteiger partial charge >= 0.3 is 6.18 Å². The molecule has 0 spiro atoms. The van der Waals surface area contributed by atoms with Crippen molar-refractivity contribution in [3.8, 4) is 11.6 Å². The number of nitrogens with zero attached hydrogens (tertiary/aromatic N) is 2. The number of hydrogen-bond donors (Lipinski definition) is 0. The minimum Gasteiger partial charge on any atom is -0.439 e. The van der Waals surface area contributed by atoms with Gasteiger partial charge < -0.3 is 9.64 Å². The second-order valence-corrected chi connectivity index (χ2v) is 7.44. The molecule has 1 unspecified atom stereocenters. The normalized spacial score (nSPS) is 15.4. The SMILES string of the molecule is CC(C)C(C)N(C(=O)c1ccc(Oc2ccc(C(F)(F)F)cn2)cc1)C1CC1. The third kappa shape index (κ3) is 4.64. The Hall–Kier alpha value is -2.57. The Morgan fingerprint density at radius 3 is 2.21 bits per heavy atom. The van der Waals surface area contributed by atoms with Crippen molar-refractivity contribution < 1.29 is 22.7 Å². The molecular formula is C21H23F3N2O2. The first kappa shape index (κ1) is 20.2. The van der Waals surface area contributed by atoms with Crippen LogP contribution >= 0.6 is 0 Å². The maximum absolute atomic E-state index is 12.9. The monoisotopic (exact) mass is 392 g/mol. The van der Waals surface area contributed by atoms with Gasteiger partial charge in [-0.15, -0.1) is 0 Å². The minimum atomic E-state index is -4.44. The van der Waals surface area contributed by atoms with Crippen LogP contribution in [-0.2, 0) is 6.18 Å². The largest absolute Gasteiger partial charge is 0.439 e. The van der Waals surface area contributed by atoms with Gasteiger partial charge in [-0.25, -0.2) is 4.98 Å². The van der Waals surface area contributed by atoms with E-state index in [2.05, 4.69) is 25.8 Å². The molecule has 1 saturated carbocycles. The van der Waals surface area contributed by atoms with Crippen LogP contribution in [0.4, 0.5) is 13.2 Å². The van der Waals surface area contributed by atoms with Crippen molar-refractivity contribution in [1.82, 2.24) is 9.88 Å². The fraction of sp³-hybridized carbons (Fsp3) is 0.429. The first-order chi connectivity index (χ1) is 13.2. The van der Waals surface area contributed by atoms with Gasteiger partial charge in [0.15, 0.2) is 0 Å². The molecule has 0 aliphatic heterocycles. The Morgan fingerprint density at radius 2 is 1.75 bits per heavy atom. The molecule has 1 heterocycles. The van der Waals surface area contributed by atoms with Crippen LogP contribution in [0, 0.1) is 5.92 Å². The summed E-state index contributed by atoms with van der Waals surface area (Å²) in [7, 11) is 0. The highest BCUT2D eigenvalue weighted by Gasteiger charge is 2.37. The number of pyridine rings is 1. The Kier molecular flexibility index (Phi) is 5.63. The van der Waals surface area contributed by atoms with Gasteiger partial charge in [0.2, 0.25) is 5.88 Å². The lowest BCUT2D eigenvalue weighted by atomic mass is 10.0. The van der Waals surface area contributed by atoms with Crippen LogP contribution in [-0.4, -0.2) is 27.9 Å². The molecule has 1 fully saturated rings. The number of amides is 1. The zero-order valence-corrected chi connectivity index (χ0v) is 16.0. The smallest absolute Gasteiger partial charge is 0.417 e. The molecule has 28 heavy (non-hydrogen) atoms. The van der Waals surface area contributed by atoms with Gasteiger partial charge in [-0.05, 0) is 56.0 Å². The number of halogens is 3. The Morgan fingerprint density at radius 1 is 1.11 bits per heavy atom. The summed E-state index contributed by atoms with van der Waals surface area (Å²) in [5.74, 6) is 0.805. The third-order valence-corrected chi connectivity index (χ3v) is 4.97. The number of aromatic nitrogens is 1. The van der Waals surface area contributed by atoms with Gasteiger partial charge in [0.05, 0.1) is 5.56 Å². The molecular weight excluding hydrogens is 369 g/mol. The Balaban J connectivity index is 1.70. The van der Waals surface area contributed by atoms with Crippen LogP contribution in [0.2, 0.25) is 0 Å². The van der Waals surface area contributed by atoms with Gasteiger partial charge in [0, 0.05) is 29.9 Å². The van der Waals surface area contributed by atoms with E-state index >= 15 is 0 Å². The predicted molar refractivity (Wildman–Crippen MR) is 99.2 cm³/mol. The zero-order chi connectivity index (χ0) is 20.5. The molecule has 1 atom stereocenters. The quantitative estimate of drug-likeness (QED) is 0.648. The molecule has 1 aliphatic carbocycles. The molecule has 2 aromatic rings. The number of carbonyl (C=O) groups is 1. The van der Waals surface area contributed by atoms with Gasteiger partial charge in [0.25, 0.3) is 5.91 Å². The van der Waals surface area contributed by atoms with E-state index < -0.39 is 11.7 Å². The van der Waals surface area contributed by atoms with E-state index in [1.54, 1.807) is 24.3 Å². The second-order valence-electron chi connectivity index (χ2n) is 7.44. The van der Waals surface area contributed by atoms with Crippen LogP contribution in [0.5, 0.6) is 11.6 Å². The average molecular weight is 392 g/mol. The number of rotatable bonds is 6. The van der Waals surface area contributed by atoms with E-state index in [9.17, 15) is 18.0 Å². The van der Waals surface area contributed by atoms with Crippen molar-refractivity contribution in [3.63, 3.8) is 0 Å². The maximum Gasteiger partial charge on any atom is 0.417 e. The molecule has 3 rings (SSSR count). The van der Waals surface area contributed by atoms with Gasteiger partial charge in [-0.3, -0.25) is 4.79 Å². The lowest BCUT2D eigenvalue weighted by molar-refractivity contribution is -0.137. The third-order valence-electron chi connectivity index (χ3n) is 4.97. The summed E-state index contributed by atoms with van der Waals surface area (Å²) in [4.78, 5) is 18.6. The zero-order valence-electron chi connectivity index (χ0n) is 16.0. The molecule has 4 nitrogen and oxygen atoms in total. The molecule has 1 amide bonds. The van der Waals surface area contributed by atoms with Crippen LogP contribution in [0.3, 0.4) is 0 Å². The van der Waals surface area contributed by atoms with Crippen LogP contribution in [0.1, 0.15) is 49.5 Å². The van der Waals surface area contributed by atoms with Crippen LogP contribution in [0.25, 0.3) is 0 Å². The molecule has 7 heteroatoms. The molecule has 0 N–H and O–H groups in total. The van der Waals surface area contributed by atoms with E-state index in [0.717, 1.165) is 25.1 Å². The van der Waals surface area contributed by atoms with Crippen molar-refractivity contribution in [2.24, 2.45) is 5.92 Å². The summed E-state index contributed by atoms with van der Waals surface area (Å²) in [6, 6.07) is 9.12. The lowest BCUT2D eigenvalue weighted by Gasteiger charge is -2.32. The highest BCUT2D eigenvalue weighted by molar-refractivity contribution is 5.95. The molecule has 1 aromatic carbocycles. The maximum atomic E-state index is 12.9. The Bertz CT molecular complexity index is 813. The minimum absolute atomic E-state index is 0.0112. The van der Waals surface area contributed by atoms with Gasteiger partial charge in [-0.1, -0.05) is 13.8 Å². The van der Waals surface area contributed by atoms with E-state index in [4.69, 9.17) is 4.74 Å². The van der Waals surface area contributed by atoms with Crippen LogP contribution < -0.4 is 4.74 Å². The predicted octanol–water partition coefficient (Wildman–Crippen LogP) is 5.54. The van der Waals surface area contributed by atoms with Crippen molar-refractivity contribution >= 4 is 5.91 Å². The summed E-state index contributed by atoms with van der Waals surface area (Å²) >= 11 is 0. The standard InChI is InChI=1S/C21H23F3N2O2/c1-13(2)14(3)26(17-7-8-17)20(27)15-4-9-18(10-5-15)28-19-11-6-16(12-25-19)21(22,23)24/h4-6,9-14,17H,7-8H2,1-3H3. The fourth-order valence-electron chi connectivity index (χ4n) is 2.90. The van der Waals surface area contributed by atoms with E-state index in [-0.39, 0.29) is 17.8 Å². The van der Waals surface area contributed by atoms with Crippen molar-refractivity contribution in [2.45, 2.75) is 51.9 Å². The summed E-state index contributed by atoms with van der Waals surface area (Å²) in [5, 5.41) is 0. The van der Waals surface area contributed by atoms with Gasteiger partial charge in [-0.2, -0.15) is 13.2 Å². The Labute approximate surface area is 162 Å². The molecule has 1 aromatic heterocycles. The topological polar surface area (TPSA) is 42.4 Å². The van der Waals surface area contributed by atoms with Crippen LogP contribution in [0.15, 0.2) is 42.6 Å². The highest BCUT2D eigenvalue weighted by Crippen LogP contribution is 2.33. The summed E-state index contributed by atoms with van der Waals surface area (Å²) < 4.78 is 43.2. The number of benzene rings is 1. The first-order valence-electron chi connectivity index (χ1n) is 9.30. The van der Waals surface area contributed by atoms with Crippen molar-refractivity contribution in [2.75, 3.05) is 0 Å². The molecule has 1 aliphatic rings. The highest BCUT2D eigenvalue weighted by atomic mass is 19.4. The molecule has 0 saturated heterocycles. The molecule has 0 bridgehead atoms. The van der Waals surface area contributed by atoms with E-state index in [1.807, 2.05) is 4.90 Å².